The summed E-state index contributed by atoms with van der Waals surface area (Å²) in [7, 11) is 0. The summed E-state index contributed by atoms with van der Waals surface area (Å²) in [6.45, 7) is 5.85. The molecular weight excluding hydrogens is 326 g/mol. The average molecular weight is 349 g/mol. The molecule has 0 aromatic heterocycles. The minimum atomic E-state index is -1.49. The second-order valence-electron chi connectivity index (χ2n) is 4.78. The third-order valence-electron chi connectivity index (χ3n) is 2.95. The van der Waals surface area contributed by atoms with Crippen molar-refractivity contribution in [3.05, 3.63) is 35.9 Å². The molecule has 1 rings (SSSR count). The van der Waals surface area contributed by atoms with E-state index in [4.69, 9.17) is 14.2 Å². The molecule has 0 aliphatic rings. The molecule has 1 aromatic rings. The highest BCUT2D eigenvalue weighted by atomic mass is 16.6. The Balaban J connectivity index is 2.72. The van der Waals surface area contributed by atoms with Gasteiger partial charge in [-0.25, -0.2) is 9.59 Å². The van der Waals surface area contributed by atoms with Gasteiger partial charge in [0, 0.05) is 6.08 Å². The third-order valence-corrected chi connectivity index (χ3v) is 2.95. The van der Waals surface area contributed by atoms with Gasteiger partial charge in [0.15, 0.2) is 0 Å². The fourth-order valence-corrected chi connectivity index (χ4v) is 1.87. The van der Waals surface area contributed by atoms with E-state index in [0.29, 0.717) is 6.61 Å². The van der Waals surface area contributed by atoms with Crippen molar-refractivity contribution in [2.45, 2.75) is 26.8 Å². The van der Waals surface area contributed by atoms with Crippen LogP contribution in [0.5, 0.6) is 5.75 Å². The van der Waals surface area contributed by atoms with Gasteiger partial charge in [0.05, 0.1) is 19.8 Å². The largest absolute Gasteiger partial charge is 0.494 e. The van der Waals surface area contributed by atoms with Crippen LogP contribution in [0, 0.1) is 0 Å². The van der Waals surface area contributed by atoms with E-state index < -0.39 is 23.9 Å². The first kappa shape index (κ1) is 20.2. The number of amides is 1. The SMILES string of the molecule is CCOC(=O)C(NC(=O)/C=C/c1ccc(OCC)cc1)C(=O)OCC. The van der Waals surface area contributed by atoms with Gasteiger partial charge in [-0.3, -0.25) is 4.79 Å². The fourth-order valence-electron chi connectivity index (χ4n) is 1.87. The Bertz CT molecular complexity index is 590. The minimum absolute atomic E-state index is 0.0899. The second-order valence-corrected chi connectivity index (χ2v) is 4.78. The molecule has 0 aliphatic carbocycles. The fraction of sp³-hybridized carbons (Fsp3) is 0.389. The zero-order valence-corrected chi connectivity index (χ0v) is 14.6. The predicted octanol–water partition coefficient (Wildman–Crippen LogP) is 1.71. The maximum atomic E-state index is 12.0. The van der Waals surface area contributed by atoms with Gasteiger partial charge in [-0.1, -0.05) is 12.1 Å². The maximum Gasteiger partial charge on any atom is 0.340 e. The van der Waals surface area contributed by atoms with E-state index >= 15 is 0 Å². The number of esters is 2. The van der Waals surface area contributed by atoms with Crippen LogP contribution in [0.4, 0.5) is 0 Å². The molecule has 25 heavy (non-hydrogen) atoms. The summed E-state index contributed by atoms with van der Waals surface area (Å²) in [6.07, 6.45) is 2.78. The molecule has 0 saturated heterocycles. The summed E-state index contributed by atoms with van der Waals surface area (Å²) in [6, 6.07) is 5.63. The lowest BCUT2D eigenvalue weighted by molar-refractivity contribution is -0.159. The number of ether oxygens (including phenoxy) is 3. The summed E-state index contributed by atoms with van der Waals surface area (Å²) in [5.41, 5.74) is 0.766. The monoisotopic (exact) mass is 349 g/mol. The van der Waals surface area contributed by atoms with Gasteiger partial charge in [0.1, 0.15) is 5.75 Å². The van der Waals surface area contributed by atoms with Crippen LogP contribution in [0.1, 0.15) is 26.3 Å². The van der Waals surface area contributed by atoms with Gasteiger partial charge in [-0.2, -0.15) is 0 Å². The van der Waals surface area contributed by atoms with E-state index in [1.807, 2.05) is 6.92 Å². The van der Waals surface area contributed by atoms with Crippen molar-refractivity contribution in [3.63, 3.8) is 0 Å². The highest BCUT2D eigenvalue weighted by Crippen LogP contribution is 2.13. The number of carbonyl (C=O) groups is 3. The molecular formula is C18H23NO6. The number of nitrogens with one attached hydrogen (secondary N) is 1. The van der Waals surface area contributed by atoms with Crippen molar-refractivity contribution in [1.29, 1.82) is 0 Å². The molecule has 0 unspecified atom stereocenters. The van der Waals surface area contributed by atoms with Gasteiger partial charge in [-0.15, -0.1) is 0 Å². The number of rotatable bonds is 9. The van der Waals surface area contributed by atoms with Crippen LogP contribution in [-0.2, 0) is 23.9 Å². The second kappa shape index (κ2) is 10.9. The highest BCUT2D eigenvalue weighted by Gasteiger charge is 2.30. The summed E-state index contributed by atoms with van der Waals surface area (Å²) >= 11 is 0. The molecule has 0 bridgehead atoms. The van der Waals surface area contributed by atoms with Crippen molar-refractivity contribution in [2.24, 2.45) is 0 Å². The molecule has 0 spiro atoms. The van der Waals surface area contributed by atoms with Gasteiger partial charge < -0.3 is 19.5 Å². The van der Waals surface area contributed by atoms with Crippen LogP contribution in [0.15, 0.2) is 30.3 Å². The van der Waals surface area contributed by atoms with Crippen molar-refractivity contribution in [3.8, 4) is 5.75 Å². The molecule has 1 aromatic carbocycles. The Morgan fingerprint density at radius 2 is 1.52 bits per heavy atom. The van der Waals surface area contributed by atoms with E-state index in [1.54, 1.807) is 44.2 Å². The Morgan fingerprint density at radius 3 is 2.00 bits per heavy atom. The zero-order chi connectivity index (χ0) is 18.7. The summed E-state index contributed by atoms with van der Waals surface area (Å²) in [4.78, 5) is 35.6. The van der Waals surface area contributed by atoms with Crippen molar-refractivity contribution >= 4 is 23.9 Å². The molecule has 7 nitrogen and oxygen atoms in total. The molecule has 0 atom stereocenters. The molecule has 136 valence electrons. The summed E-state index contributed by atoms with van der Waals surface area (Å²) in [5, 5.41) is 2.29. The lowest BCUT2D eigenvalue weighted by Gasteiger charge is -2.14. The molecule has 1 N–H and O–H groups in total. The average Bonchev–Trinajstić information content (AvgIpc) is 2.59. The molecule has 0 aliphatic heterocycles. The molecule has 0 saturated carbocycles. The van der Waals surface area contributed by atoms with Crippen molar-refractivity contribution in [1.82, 2.24) is 5.32 Å². The van der Waals surface area contributed by atoms with Crippen LogP contribution in [-0.4, -0.2) is 43.7 Å². The van der Waals surface area contributed by atoms with E-state index in [0.717, 1.165) is 11.3 Å². The van der Waals surface area contributed by atoms with Gasteiger partial charge in [-0.05, 0) is 44.5 Å². The van der Waals surface area contributed by atoms with Crippen LogP contribution in [0.2, 0.25) is 0 Å². The van der Waals surface area contributed by atoms with Crippen LogP contribution >= 0.6 is 0 Å². The Labute approximate surface area is 146 Å². The number of hydrogen-bond acceptors (Lipinski definition) is 6. The van der Waals surface area contributed by atoms with E-state index in [2.05, 4.69) is 5.32 Å². The van der Waals surface area contributed by atoms with Gasteiger partial charge >= 0.3 is 11.9 Å². The standard InChI is InChI=1S/C18H23NO6/c1-4-23-14-10-7-13(8-11-14)9-12-15(20)19-16(17(21)24-5-2)18(22)25-6-3/h7-12,16H,4-6H2,1-3H3,(H,19,20)/b12-9+. The van der Waals surface area contributed by atoms with E-state index in [9.17, 15) is 14.4 Å². The first-order valence-electron chi connectivity index (χ1n) is 8.06. The summed E-state index contributed by atoms with van der Waals surface area (Å²) < 4.78 is 14.9. The van der Waals surface area contributed by atoms with Gasteiger partial charge in [0.25, 0.3) is 0 Å². The topological polar surface area (TPSA) is 90.9 Å². The Kier molecular flexibility index (Phi) is 8.78. The predicted molar refractivity (Wildman–Crippen MR) is 91.8 cm³/mol. The summed E-state index contributed by atoms with van der Waals surface area (Å²) in [5.74, 6) is -1.60. The highest BCUT2D eigenvalue weighted by molar-refractivity contribution is 6.04. The molecule has 0 fully saturated rings. The van der Waals surface area contributed by atoms with E-state index in [1.165, 1.54) is 6.08 Å². The van der Waals surface area contributed by atoms with Crippen LogP contribution in [0.3, 0.4) is 0 Å². The number of hydrogen-bond donors (Lipinski definition) is 1. The lowest BCUT2D eigenvalue weighted by Crippen LogP contribution is -2.47. The number of benzene rings is 1. The Hall–Kier alpha value is -2.83. The quantitative estimate of drug-likeness (QED) is 0.415. The zero-order valence-electron chi connectivity index (χ0n) is 14.6. The maximum absolute atomic E-state index is 12.0. The van der Waals surface area contributed by atoms with Gasteiger partial charge in [0.2, 0.25) is 11.9 Å². The van der Waals surface area contributed by atoms with Crippen molar-refractivity contribution < 1.29 is 28.6 Å². The molecule has 0 radical (unpaired) electrons. The first-order chi connectivity index (χ1) is 12.0. The van der Waals surface area contributed by atoms with Crippen LogP contribution < -0.4 is 10.1 Å². The normalized spacial score (nSPS) is 10.6. The number of carbonyl (C=O) groups excluding carboxylic acids is 3. The van der Waals surface area contributed by atoms with Crippen LogP contribution in [0.25, 0.3) is 6.08 Å². The minimum Gasteiger partial charge on any atom is -0.494 e. The lowest BCUT2D eigenvalue weighted by atomic mass is 10.2. The first-order valence-corrected chi connectivity index (χ1v) is 8.06. The third kappa shape index (κ3) is 7.07. The Morgan fingerprint density at radius 1 is 0.960 bits per heavy atom. The molecule has 1 amide bonds. The molecule has 7 heteroatoms. The van der Waals surface area contributed by atoms with E-state index in [-0.39, 0.29) is 13.2 Å². The molecule has 0 heterocycles. The van der Waals surface area contributed by atoms with Crippen molar-refractivity contribution in [2.75, 3.05) is 19.8 Å². The smallest absolute Gasteiger partial charge is 0.340 e.